The summed E-state index contributed by atoms with van der Waals surface area (Å²) in [6.45, 7) is 7.39. The van der Waals surface area contributed by atoms with Gasteiger partial charge < -0.3 is 10.6 Å². The predicted octanol–water partition coefficient (Wildman–Crippen LogP) is 2.44. The number of rotatable bonds is 4. The van der Waals surface area contributed by atoms with E-state index in [9.17, 15) is 0 Å². The number of likely N-dealkylation sites (N-methyl/N-ethyl adjacent to an activating group) is 1. The number of hydrogen-bond acceptors (Lipinski definition) is 3. The van der Waals surface area contributed by atoms with E-state index < -0.39 is 0 Å². The SMILES string of the molecule is C=CCN(CC)c1ncc(Br)cc1N. The average molecular weight is 256 g/mol. The lowest BCUT2D eigenvalue weighted by Crippen LogP contribution is -2.24. The summed E-state index contributed by atoms with van der Waals surface area (Å²) in [4.78, 5) is 6.34. The quantitative estimate of drug-likeness (QED) is 0.841. The monoisotopic (exact) mass is 255 g/mol. The third kappa shape index (κ3) is 2.48. The fraction of sp³-hybridized carbons (Fsp3) is 0.300. The van der Waals surface area contributed by atoms with Crippen LogP contribution < -0.4 is 10.6 Å². The van der Waals surface area contributed by atoms with Gasteiger partial charge in [0.2, 0.25) is 0 Å². The Morgan fingerprint density at radius 1 is 1.71 bits per heavy atom. The molecule has 0 aliphatic carbocycles. The fourth-order valence-electron chi connectivity index (χ4n) is 1.23. The van der Waals surface area contributed by atoms with Crippen LogP contribution in [0.2, 0.25) is 0 Å². The van der Waals surface area contributed by atoms with Gasteiger partial charge >= 0.3 is 0 Å². The number of halogens is 1. The molecular formula is C10H14BrN3. The lowest BCUT2D eigenvalue weighted by atomic mass is 10.3. The molecule has 2 N–H and O–H groups in total. The van der Waals surface area contributed by atoms with E-state index in [4.69, 9.17) is 5.73 Å². The zero-order chi connectivity index (χ0) is 10.6. The van der Waals surface area contributed by atoms with E-state index in [0.29, 0.717) is 5.69 Å². The Balaban J connectivity index is 2.97. The van der Waals surface area contributed by atoms with Gasteiger partial charge in [-0.05, 0) is 28.9 Å². The lowest BCUT2D eigenvalue weighted by Gasteiger charge is -2.21. The molecule has 0 saturated heterocycles. The Morgan fingerprint density at radius 3 is 2.93 bits per heavy atom. The topological polar surface area (TPSA) is 42.2 Å². The van der Waals surface area contributed by atoms with Gasteiger partial charge in [0.15, 0.2) is 5.82 Å². The van der Waals surface area contributed by atoms with Crippen molar-refractivity contribution < 1.29 is 0 Å². The van der Waals surface area contributed by atoms with E-state index in [-0.39, 0.29) is 0 Å². The number of anilines is 2. The van der Waals surface area contributed by atoms with Gasteiger partial charge in [0.25, 0.3) is 0 Å². The summed E-state index contributed by atoms with van der Waals surface area (Å²) in [5, 5.41) is 0. The number of hydrogen-bond donors (Lipinski definition) is 1. The minimum atomic E-state index is 0.683. The summed E-state index contributed by atoms with van der Waals surface area (Å²) < 4.78 is 0.897. The molecule has 14 heavy (non-hydrogen) atoms. The van der Waals surface area contributed by atoms with Crippen molar-refractivity contribution in [3.05, 3.63) is 29.4 Å². The van der Waals surface area contributed by atoms with Crippen LogP contribution in [0.15, 0.2) is 29.4 Å². The van der Waals surface area contributed by atoms with Crippen LogP contribution in [0.3, 0.4) is 0 Å². The highest BCUT2D eigenvalue weighted by Crippen LogP contribution is 2.23. The Hall–Kier alpha value is -1.03. The molecule has 76 valence electrons. The van der Waals surface area contributed by atoms with E-state index in [1.54, 1.807) is 6.20 Å². The second kappa shape index (κ2) is 5.00. The standard InChI is InChI=1S/C10H14BrN3/c1-3-5-14(4-2)10-9(12)6-8(11)7-13-10/h3,6-7H,1,4-5,12H2,2H3. The van der Waals surface area contributed by atoms with E-state index in [2.05, 4.69) is 39.3 Å². The first-order chi connectivity index (χ1) is 6.69. The van der Waals surface area contributed by atoms with Crippen molar-refractivity contribution in [1.29, 1.82) is 0 Å². The van der Waals surface area contributed by atoms with Gasteiger partial charge in [0.1, 0.15) is 0 Å². The molecule has 4 heteroatoms. The number of aromatic nitrogens is 1. The van der Waals surface area contributed by atoms with Gasteiger partial charge in [-0.1, -0.05) is 6.08 Å². The fourth-order valence-corrected chi connectivity index (χ4v) is 1.58. The predicted molar refractivity (Wildman–Crippen MR) is 64.4 cm³/mol. The summed E-state index contributed by atoms with van der Waals surface area (Å²) in [6.07, 6.45) is 3.59. The Labute approximate surface area is 92.8 Å². The van der Waals surface area contributed by atoms with Crippen molar-refractivity contribution in [2.24, 2.45) is 0 Å². The maximum absolute atomic E-state index is 5.86. The Bertz CT molecular complexity index is 325. The second-order valence-electron chi connectivity index (χ2n) is 2.89. The molecule has 0 aliphatic heterocycles. The van der Waals surface area contributed by atoms with E-state index in [1.165, 1.54) is 0 Å². The van der Waals surface area contributed by atoms with Crippen LogP contribution in [-0.4, -0.2) is 18.1 Å². The smallest absolute Gasteiger partial charge is 0.152 e. The van der Waals surface area contributed by atoms with Gasteiger partial charge in [-0.25, -0.2) is 4.98 Å². The number of pyridine rings is 1. The van der Waals surface area contributed by atoms with E-state index >= 15 is 0 Å². The molecule has 0 spiro atoms. The van der Waals surface area contributed by atoms with Gasteiger partial charge in [0, 0.05) is 23.8 Å². The van der Waals surface area contributed by atoms with Crippen molar-refractivity contribution in [3.8, 4) is 0 Å². The molecule has 0 radical (unpaired) electrons. The maximum Gasteiger partial charge on any atom is 0.152 e. The highest BCUT2D eigenvalue weighted by Gasteiger charge is 2.07. The first-order valence-corrected chi connectivity index (χ1v) is 5.25. The third-order valence-electron chi connectivity index (χ3n) is 1.89. The molecule has 0 fully saturated rings. The molecule has 1 heterocycles. The van der Waals surface area contributed by atoms with Crippen LogP contribution in [-0.2, 0) is 0 Å². The van der Waals surface area contributed by atoms with Gasteiger partial charge in [-0.3, -0.25) is 0 Å². The van der Waals surface area contributed by atoms with Crippen LogP contribution >= 0.6 is 15.9 Å². The van der Waals surface area contributed by atoms with Crippen LogP contribution in [0.25, 0.3) is 0 Å². The first-order valence-electron chi connectivity index (χ1n) is 4.46. The zero-order valence-corrected chi connectivity index (χ0v) is 9.79. The van der Waals surface area contributed by atoms with Crippen molar-refractivity contribution >= 4 is 27.4 Å². The maximum atomic E-state index is 5.86. The molecule has 0 aliphatic rings. The van der Waals surface area contributed by atoms with E-state index in [0.717, 1.165) is 23.4 Å². The number of nitrogens with two attached hydrogens (primary N) is 1. The Kier molecular flexibility index (Phi) is 3.95. The summed E-state index contributed by atoms with van der Waals surface area (Å²) in [5.41, 5.74) is 6.54. The summed E-state index contributed by atoms with van der Waals surface area (Å²) in [7, 11) is 0. The highest BCUT2D eigenvalue weighted by molar-refractivity contribution is 9.10. The average Bonchev–Trinajstić information content (AvgIpc) is 2.15. The van der Waals surface area contributed by atoms with Crippen molar-refractivity contribution in [2.45, 2.75) is 6.92 Å². The van der Waals surface area contributed by atoms with E-state index in [1.807, 2.05) is 12.1 Å². The van der Waals surface area contributed by atoms with Crippen molar-refractivity contribution in [3.63, 3.8) is 0 Å². The zero-order valence-electron chi connectivity index (χ0n) is 8.20. The lowest BCUT2D eigenvalue weighted by molar-refractivity contribution is 0.884. The van der Waals surface area contributed by atoms with Crippen molar-refractivity contribution in [2.75, 3.05) is 23.7 Å². The van der Waals surface area contributed by atoms with Gasteiger partial charge in [0.05, 0.1) is 5.69 Å². The summed E-state index contributed by atoms with van der Waals surface area (Å²) >= 11 is 3.33. The molecule has 1 rings (SSSR count). The number of nitrogens with zero attached hydrogens (tertiary/aromatic N) is 2. The largest absolute Gasteiger partial charge is 0.396 e. The minimum absolute atomic E-state index is 0.683. The Morgan fingerprint density at radius 2 is 2.43 bits per heavy atom. The van der Waals surface area contributed by atoms with Crippen LogP contribution in [0.5, 0.6) is 0 Å². The molecular weight excluding hydrogens is 242 g/mol. The molecule has 0 unspecified atom stereocenters. The van der Waals surface area contributed by atoms with Gasteiger partial charge in [-0.2, -0.15) is 0 Å². The molecule has 0 atom stereocenters. The first kappa shape index (κ1) is 11.0. The molecule has 3 nitrogen and oxygen atoms in total. The molecule has 0 aromatic carbocycles. The molecule has 1 aromatic rings. The normalized spacial score (nSPS) is 9.86. The summed E-state index contributed by atoms with van der Waals surface area (Å²) in [5.74, 6) is 0.815. The van der Waals surface area contributed by atoms with Gasteiger partial charge in [-0.15, -0.1) is 6.58 Å². The van der Waals surface area contributed by atoms with Crippen LogP contribution in [0.1, 0.15) is 6.92 Å². The minimum Gasteiger partial charge on any atom is -0.396 e. The van der Waals surface area contributed by atoms with Crippen molar-refractivity contribution in [1.82, 2.24) is 4.98 Å². The highest BCUT2D eigenvalue weighted by atomic mass is 79.9. The molecule has 0 saturated carbocycles. The van der Waals surface area contributed by atoms with Crippen LogP contribution in [0, 0.1) is 0 Å². The third-order valence-corrected chi connectivity index (χ3v) is 2.33. The number of nitrogen functional groups attached to an aromatic ring is 1. The molecule has 0 amide bonds. The van der Waals surface area contributed by atoms with Crippen LogP contribution in [0.4, 0.5) is 11.5 Å². The summed E-state index contributed by atoms with van der Waals surface area (Å²) in [6, 6.07) is 1.86. The second-order valence-corrected chi connectivity index (χ2v) is 3.81. The molecule has 1 aromatic heterocycles. The molecule has 0 bridgehead atoms.